The number of hydrogen-bond donors (Lipinski definition) is 1. The summed E-state index contributed by atoms with van der Waals surface area (Å²) in [7, 11) is 0. The quantitative estimate of drug-likeness (QED) is 0.784. The Kier molecular flexibility index (Phi) is 3.87. The van der Waals surface area contributed by atoms with E-state index in [1.54, 1.807) is 18.6 Å². The zero-order valence-electron chi connectivity index (χ0n) is 14.6. The molecule has 3 aromatic rings. The summed E-state index contributed by atoms with van der Waals surface area (Å²) in [5, 5.41) is 1.31. The number of rotatable bonds is 4. The molecule has 0 amide bonds. The topological polar surface area (TPSA) is 63.3 Å². The molecule has 0 bridgehead atoms. The van der Waals surface area contributed by atoms with Crippen LogP contribution in [0.25, 0.3) is 10.9 Å². The number of fused-ring (bicyclic) bond motifs is 1. The van der Waals surface area contributed by atoms with Crippen molar-refractivity contribution in [2.24, 2.45) is 0 Å². The molecule has 26 heavy (non-hydrogen) atoms. The van der Waals surface area contributed by atoms with Gasteiger partial charge in [0, 0.05) is 62.0 Å². The Morgan fingerprint density at radius 3 is 3.12 bits per heavy atom. The Hall–Kier alpha value is -2.44. The van der Waals surface area contributed by atoms with Crippen LogP contribution in [-0.4, -0.2) is 51.3 Å². The summed E-state index contributed by atoms with van der Waals surface area (Å²) in [5.74, 6) is 0.602. The fourth-order valence-corrected chi connectivity index (χ4v) is 4.23. The summed E-state index contributed by atoms with van der Waals surface area (Å²) in [5.41, 5.74) is 2.49. The molecular formula is C20H22N4O2. The van der Waals surface area contributed by atoms with Crippen molar-refractivity contribution in [3.63, 3.8) is 0 Å². The first-order valence-corrected chi connectivity index (χ1v) is 9.14. The number of aromatic amines is 1. The highest BCUT2D eigenvalue weighted by Gasteiger charge is 2.48. The van der Waals surface area contributed by atoms with E-state index in [4.69, 9.17) is 9.47 Å². The minimum atomic E-state index is -0.0723. The lowest BCUT2D eigenvalue weighted by Gasteiger charge is -2.53. The highest BCUT2D eigenvalue weighted by atomic mass is 16.5. The first-order valence-electron chi connectivity index (χ1n) is 9.14. The lowest BCUT2D eigenvalue weighted by molar-refractivity contribution is -0.188. The van der Waals surface area contributed by atoms with Crippen molar-refractivity contribution < 1.29 is 9.47 Å². The molecule has 1 spiro atoms. The van der Waals surface area contributed by atoms with E-state index >= 15 is 0 Å². The largest absolute Gasteiger partial charge is 0.473 e. The van der Waals surface area contributed by atoms with Crippen LogP contribution in [0.5, 0.6) is 5.88 Å². The van der Waals surface area contributed by atoms with E-state index in [1.165, 1.54) is 16.5 Å². The Morgan fingerprint density at radius 2 is 2.23 bits per heavy atom. The maximum atomic E-state index is 6.15. The average molecular weight is 350 g/mol. The van der Waals surface area contributed by atoms with Gasteiger partial charge in [-0.25, -0.2) is 4.98 Å². The van der Waals surface area contributed by atoms with Crippen LogP contribution in [0.1, 0.15) is 18.4 Å². The summed E-state index contributed by atoms with van der Waals surface area (Å²) in [6, 6.07) is 8.60. The van der Waals surface area contributed by atoms with Crippen molar-refractivity contribution in [1.29, 1.82) is 0 Å². The minimum absolute atomic E-state index is 0.0723. The van der Waals surface area contributed by atoms with E-state index in [9.17, 15) is 0 Å². The number of aromatic nitrogens is 3. The molecular weight excluding hydrogens is 328 g/mol. The average Bonchev–Trinajstić information content (AvgIpc) is 3.11. The Morgan fingerprint density at radius 1 is 1.27 bits per heavy atom. The molecule has 2 saturated heterocycles. The van der Waals surface area contributed by atoms with Crippen LogP contribution in [0.2, 0.25) is 0 Å². The molecule has 2 aromatic heterocycles. The molecule has 1 unspecified atom stereocenters. The second-order valence-corrected chi connectivity index (χ2v) is 7.31. The van der Waals surface area contributed by atoms with Gasteiger partial charge in [-0.05, 0) is 17.7 Å². The molecule has 1 atom stereocenters. The Balaban J connectivity index is 1.22. The third-order valence-corrected chi connectivity index (χ3v) is 5.38. The van der Waals surface area contributed by atoms with Gasteiger partial charge in [-0.1, -0.05) is 12.1 Å². The number of hydrogen-bond acceptors (Lipinski definition) is 5. The van der Waals surface area contributed by atoms with Crippen LogP contribution < -0.4 is 4.74 Å². The zero-order chi connectivity index (χ0) is 17.4. The van der Waals surface area contributed by atoms with Gasteiger partial charge < -0.3 is 14.5 Å². The first-order chi connectivity index (χ1) is 12.8. The fraction of sp³-hybridized carbons (Fsp3) is 0.400. The second-order valence-electron chi connectivity index (χ2n) is 7.31. The van der Waals surface area contributed by atoms with Gasteiger partial charge in [-0.15, -0.1) is 0 Å². The standard InChI is InChI=1S/C20H22N4O2/c1-2-15(17-4-6-22-18(17)3-1)12-24-13-20(14-24)10-16(5-9-25-20)26-19-11-21-7-8-23-19/h1-4,6-8,11,16,22H,5,9-10,12-14H2. The molecule has 134 valence electrons. The van der Waals surface area contributed by atoms with Crippen LogP contribution in [0, 0.1) is 0 Å². The summed E-state index contributed by atoms with van der Waals surface area (Å²) in [6.45, 7) is 3.60. The third kappa shape index (κ3) is 2.95. The maximum absolute atomic E-state index is 6.15. The predicted molar refractivity (Wildman–Crippen MR) is 97.9 cm³/mol. The van der Waals surface area contributed by atoms with E-state index in [0.717, 1.165) is 39.1 Å². The molecule has 0 aliphatic carbocycles. The summed E-state index contributed by atoms with van der Waals surface area (Å²) in [6.07, 6.45) is 8.97. The van der Waals surface area contributed by atoms with Crippen LogP contribution in [-0.2, 0) is 11.3 Å². The molecule has 6 heteroatoms. The molecule has 2 aliphatic rings. The molecule has 1 aromatic carbocycles. The molecule has 4 heterocycles. The summed E-state index contributed by atoms with van der Waals surface area (Å²) in [4.78, 5) is 14.0. The molecule has 0 saturated carbocycles. The van der Waals surface area contributed by atoms with E-state index in [-0.39, 0.29) is 11.7 Å². The normalized spacial score (nSPS) is 22.4. The van der Waals surface area contributed by atoms with Crippen LogP contribution in [0.15, 0.2) is 49.1 Å². The molecule has 6 nitrogen and oxygen atoms in total. The number of likely N-dealkylation sites (tertiary alicyclic amines) is 1. The van der Waals surface area contributed by atoms with Gasteiger partial charge in [0.1, 0.15) is 6.10 Å². The Labute approximate surface area is 152 Å². The SMILES string of the molecule is c1cc(CN2CC3(CC(Oc4cnccn4)CCO3)C2)c2cc[nH]c2c1. The van der Waals surface area contributed by atoms with Gasteiger partial charge in [0.2, 0.25) is 5.88 Å². The summed E-state index contributed by atoms with van der Waals surface area (Å²) >= 11 is 0. The van der Waals surface area contributed by atoms with Crippen LogP contribution in [0.4, 0.5) is 0 Å². The Bertz CT molecular complexity index is 889. The number of benzene rings is 1. The minimum Gasteiger partial charge on any atom is -0.473 e. The van der Waals surface area contributed by atoms with E-state index in [0.29, 0.717) is 5.88 Å². The molecule has 2 aliphatic heterocycles. The lowest BCUT2D eigenvalue weighted by atomic mass is 9.84. The van der Waals surface area contributed by atoms with Gasteiger partial charge in [-0.3, -0.25) is 9.88 Å². The van der Waals surface area contributed by atoms with Crippen molar-refractivity contribution in [2.75, 3.05) is 19.7 Å². The van der Waals surface area contributed by atoms with E-state index in [2.05, 4.69) is 44.1 Å². The number of ether oxygens (including phenoxy) is 2. The lowest BCUT2D eigenvalue weighted by Crippen LogP contribution is -2.65. The van der Waals surface area contributed by atoms with Gasteiger partial charge in [-0.2, -0.15) is 0 Å². The van der Waals surface area contributed by atoms with Crippen molar-refractivity contribution in [3.8, 4) is 5.88 Å². The summed E-state index contributed by atoms with van der Waals surface area (Å²) < 4.78 is 12.2. The number of nitrogens with zero attached hydrogens (tertiary/aromatic N) is 3. The van der Waals surface area contributed by atoms with Crippen LogP contribution >= 0.6 is 0 Å². The number of nitrogens with one attached hydrogen (secondary N) is 1. The van der Waals surface area contributed by atoms with Crippen molar-refractivity contribution in [1.82, 2.24) is 19.9 Å². The third-order valence-electron chi connectivity index (χ3n) is 5.38. The van der Waals surface area contributed by atoms with Crippen molar-refractivity contribution >= 4 is 10.9 Å². The highest BCUT2D eigenvalue weighted by Crippen LogP contribution is 2.36. The maximum Gasteiger partial charge on any atom is 0.232 e. The molecule has 5 rings (SSSR count). The fourth-order valence-electron chi connectivity index (χ4n) is 4.23. The first kappa shape index (κ1) is 15.8. The second kappa shape index (κ2) is 6.37. The monoisotopic (exact) mass is 350 g/mol. The highest BCUT2D eigenvalue weighted by molar-refractivity contribution is 5.82. The van der Waals surface area contributed by atoms with Gasteiger partial charge in [0.25, 0.3) is 0 Å². The molecule has 2 fully saturated rings. The van der Waals surface area contributed by atoms with Crippen LogP contribution in [0.3, 0.4) is 0 Å². The van der Waals surface area contributed by atoms with E-state index in [1.807, 2.05) is 6.20 Å². The van der Waals surface area contributed by atoms with Gasteiger partial charge in [0.05, 0.1) is 18.4 Å². The zero-order valence-corrected chi connectivity index (χ0v) is 14.6. The van der Waals surface area contributed by atoms with Gasteiger partial charge in [0.15, 0.2) is 0 Å². The van der Waals surface area contributed by atoms with Gasteiger partial charge >= 0.3 is 0 Å². The number of H-pyrrole nitrogens is 1. The smallest absolute Gasteiger partial charge is 0.232 e. The molecule has 1 N–H and O–H groups in total. The molecule has 0 radical (unpaired) electrons. The predicted octanol–water partition coefficient (Wildman–Crippen LogP) is 2.77. The van der Waals surface area contributed by atoms with Crippen molar-refractivity contribution in [2.45, 2.75) is 31.1 Å². The van der Waals surface area contributed by atoms with E-state index < -0.39 is 0 Å². The van der Waals surface area contributed by atoms with Crippen molar-refractivity contribution in [3.05, 3.63) is 54.6 Å².